The number of morpholine rings is 1. The number of ether oxygens (including phenoxy) is 2. The first kappa shape index (κ1) is 16.6. The predicted molar refractivity (Wildman–Crippen MR) is 88.6 cm³/mol. The van der Waals surface area contributed by atoms with Crippen molar-refractivity contribution < 1.29 is 14.3 Å². The molecule has 1 saturated heterocycles. The topological polar surface area (TPSA) is 64.8 Å². The number of primary amides is 1. The van der Waals surface area contributed by atoms with E-state index in [1.165, 1.54) is 12.8 Å². The Balaban J connectivity index is 1.66. The molecule has 0 radical (unpaired) electrons. The van der Waals surface area contributed by atoms with Crippen LogP contribution in [0.4, 0.5) is 0 Å². The largest absolute Gasteiger partial charge is 0.490 e. The summed E-state index contributed by atoms with van der Waals surface area (Å²) in [5.41, 5.74) is 4.77. The lowest BCUT2D eigenvalue weighted by molar-refractivity contribution is -0.147. The van der Waals surface area contributed by atoms with Gasteiger partial charge in [-0.2, -0.15) is 0 Å². The van der Waals surface area contributed by atoms with E-state index in [4.69, 9.17) is 26.8 Å². The lowest BCUT2D eigenvalue weighted by atomic mass is 9.97. The van der Waals surface area contributed by atoms with Crippen LogP contribution in [0.5, 0.6) is 5.75 Å². The van der Waals surface area contributed by atoms with E-state index in [0.717, 1.165) is 19.0 Å². The van der Waals surface area contributed by atoms with E-state index in [-0.39, 0.29) is 18.9 Å². The highest BCUT2D eigenvalue weighted by Gasteiger charge is 2.40. The lowest BCUT2D eigenvalue weighted by Crippen LogP contribution is -2.56. The molecule has 23 heavy (non-hydrogen) atoms. The van der Waals surface area contributed by atoms with Gasteiger partial charge in [0.25, 0.3) is 0 Å². The summed E-state index contributed by atoms with van der Waals surface area (Å²) in [4.78, 5) is 13.9. The lowest BCUT2D eigenvalue weighted by Gasteiger charge is -2.42. The first-order valence-electron chi connectivity index (χ1n) is 8.08. The van der Waals surface area contributed by atoms with Gasteiger partial charge in [-0.3, -0.25) is 9.69 Å². The van der Waals surface area contributed by atoms with Crippen LogP contribution in [0.2, 0.25) is 5.02 Å². The molecule has 0 bridgehead atoms. The first-order chi connectivity index (χ1) is 11.0. The Morgan fingerprint density at radius 2 is 2.30 bits per heavy atom. The fourth-order valence-corrected chi connectivity index (χ4v) is 3.26. The minimum absolute atomic E-state index is 0.161. The summed E-state index contributed by atoms with van der Waals surface area (Å²) in [5, 5.41) is 0.617. The molecule has 0 aromatic heterocycles. The molecule has 2 fully saturated rings. The van der Waals surface area contributed by atoms with Gasteiger partial charge in [0.2, 0.25) is 5.91 Å². The summed E-state index contributed by atoms with van der Waals surface area (Å²) in [7, 11) is 0. The van der Waals surface area contributed by atoms with Crippen LogP contribution in [0.1, 0.15) is 19.3 Å². The van der Waals surface area contributed by atoms with E-state index in [9.17, 15) is 4.79 Å². The number of carbonyl (C=O) groups excluding carboxylic acids is 1. The summed E-state index contributed by atoms with van der Waals surface area (Å²) in [6.07, 6.45) is 2.77. The monoisotopic (exact) mass is 338 g/mol. The van der Waals surface area contributed by atoms with Crippen LogP contribution in [0.15, 0.2) is 24.3 Å². The molecular weight excluding hydrogens is 316 g/mol. The van der Waals surface area contributed by atoms with Gasteiger partial charge in [0.05, 0.1) is 13.0 Å². The van der Waals surface area contributed by atoms with Gasteiger partial charge < -0.3 is 15.2 Å². The number of carbonyl (C=O) groups is 1. The maximum absolute atomic E-state index is 11.5. The van der Waals surface area contributed by atoms with Crippen molar-refractivity contribution in [2.45, 2.75) is 24.9 Å². The van der Waals surface area contributed by atoms with Crippen molar-refractivity contribution in [3.63, 3.8) is 0 Å². The standard InChI is InChI=1S/C17H23ClN2O3/c18-14-2-1-3-15(8-14)22-12-17(9-16(19)21)11-20(6-7-23-17)10-13-4-5-13/h1-3,8,13H,4-7,9-12H2,(H2,19,21)/t17-/m0/s1. The van der Waals surface area contributed by atoms with Crippen LogP contribution >= 0.6 is 11.6 Å². The third kappa shape index (κ3) is 4.83. The SMILES string of the molecule is NC(=O)C[C@@]1(COc2cccc(Cl)c2)CN(CC2CC2)CCO1. The molecule has 6 heteroatoms. The molecule has 1 aliphatic carbocycles. The molecule has 1 aliphatic heterocycles. The van der Waals surface area contributed by atoms with E-state index in [1.54, 1.807) is 12.1 Å². The average Bonchev–Trinajstić information content (AvgIpc) is 3.29. The van der Waals surface area contributed by atoms with Crippen LogP contribution in [-0.4, -0.2) is 49.3 Å². The molecule has 1 aromatic rings. The summed E-state index contributed by atoms with van der Waals surface area (Å²) in [5.74, 6) is 1.10. The third-order valence-electron chi connectivity index (χ3n) is 4.34. The second-order valence-electron chi connectivity index (χ2n) is 6.60. The molecule has 0 unspecified atom stereocenters. The van der Waals surface area contributed by atoms with Crippen LogP contribution in [-0.2, 0) is 9.53 Å². The van der Waals surface area contributed by atoms with Crippen molar-refractivity contribution in [3.8, 4) is 5.75 Å². The van der Waals surface area contributed by atoms with Crippen molar-refractivity contribution in [1.29, 1.82) is 0 Å². The van der Waals surface area contributed by atoms with Gasteiger partial charge in [-0.15, -0.1) is 0 Å². The molecule has 126 valence electrons. The molecule has 1 amide bonds. The zero-order valence-corrected chi connectivity index (χ0v) is 13.9. The van der Waals surface area contributed by atoms with Crippen molar-refractivity contribution in [3.05, 3.63) is 29.3 Å². The molecule has 0 spiro atoms. The first-order valence-corrected chi connectivity index (χ1v) is 8.45. The summed E-state index contributed by atoms with van der Waals surface area (Å²) in [6.45, 7) is 3.53. The van der Waals surface area contributed by atoms with Gasteiger partial charge in [0.15, 0.2) is 0 Å². The van der Waals surface area contributed by atoms with Crippen LogP contribution in [0.25, 0.3) is 0 Å². The average molecular weight is 339 g/mol. The maximum Gasteiger partial charge on any atom is 0.220 e. The molecule has 1 atom stereocenters. The second-order valence-corrected chi connectivity index (χ2v) is 7.04. The van der Waals surface area contributed by atoms with Crippen molar-refractivity contribution in [2.75, 3.05) is 32.8 Å². The number of nitrogens with two attached hydrogens (primary N) is 1. The van der Waals surface area contributed by atoms with Gasteiger partial charge in [0, 0.05) is 24.7 Å². The molecule has 1 aromatic carbocycles. The minimum atomic E-state index is -0.679. The molecule has 2 N–H and O–H groups in total. The maximum atomic E-state index is 11.5. The van der Waals surface area contributed by atoms with Crippen molar-refractivity contribution >= 4 is 17.5 Å². The van der Waals surface area contributed by atoms with E-state index >= 15 is 0 Å². The Morgan fingerprint density at radius 3 is 3.00 bits per heavy atom. The van der Waals surface area contributed by atoms with E-state index in [2.05, 4.69) is 4.90 Å². The molecule has 2 aliphatic rings. The Labute approximate surface area is 141 Å². The number of nitrogens with zero attached hydrogens (tertiary/aromatic N) is 1. The molecular formula is C17H23ClN2O3. The minimum Gasteiger partial charge on any atom is -0.490 e. The number of rotatable bonds is 7. The highest BCUT2D eigenvalue weighted by atomic mass is 35.5. The van der Waals surface area contributed by atoms with Gasteiger partial charge in [0.1, 0.15) is 18.0 Å². The van der Waals surface area contributed by atoms with Gasteiger partial charge in [-0.05, 0) is 37.0 Å². The molecule has 1 saturated carbocycles. The van der Waals surface area contributed by atoms with Crippen LogP contribution < -0.4 is 10.5 Å². The van der Waals surface area contributed by atoms with E-state index in [0.29, 0.717) is 23.9 Å². The third-order valence-corrected chi connectivity index (χ3v) is 4.57. The second kappa shape index (κ2) is 7.07. The van der Waals surface area contributed by atoms with Crippen LogP contribution in [0.3, 0.4) is 0 Å². The Morgan fingerprint density at radius 1 is 1.48 bits per heavy atom. The Bertz CT molecular complexity index is 565. The highest BCUT2D eigenvalue weighted by Crippen LogP contribution is 2.32. The van der Waals surface area contributed by atoms with Gasteiger partial charge >= 0.3 is 0 Å². The summed E-state index contributed by atoms with van der Waals surface area (Å²) in [6, 6.07) is 7.22. The molecule has 3 rings (SSSR count). The summed E-state index contributed by atoms with van der Waals surface area (Å²) >= 11 is 5.98. The molecule has 5 nitrogen and oxygen atoms in total. The smallest absolute Gasteiger partial charge is 0.220 e. The number of hydrogen-bond donors (Lipinski definition) is 1. The number of amides is 1. The predicted octanol–water partition coefficient (Wildman–Crippen LogP) is 2.08. The Kier molecular flexibility index (Phi) is 5.09. The number of halogens is 1. The molecule has 1 heterocycles. The van der Waals surface area contributed by atoms with E-state index < -0.39 is 5.60 Å². The zero-order valence-electron chi connectivity index (χ0n) is 13.2. The fraction of sp³-hybridized carbons (Fsp3) is 0.588. The van der Waals surface area contributed by atoms with Crippen LogP contribution in [0, 0.1) is 5.92 Å². The highest BCUT2D eigenvalue weighted by molar-refractivity contribution is 6.30. The summed E-state index contributed by atoms with van der Waals surface area (Å²) < 4.78 is 11.8. The number of hydrogen-bond acceptors (Lipinski definition) is 4. The van der Waals surface area contributed by atoms with Crippen molar-refractivity contribution in [2.24, 2.45) is 11.7 Å². The van der Waals surface area contributed by atoms with Crippen molar-refractivity contribution in [1.82, 2.24) is 4.90 Å². The fourth-order valence-electron chi connectivity index (χ4n) is 3.08. The van der Waals surface area contributed by atoms with Gasteiger partial charge in [-0.25, -0.2) is 0 Å². The normalized spacial score (nSPS) is 25.3. The Hall–Kier alpha value is -1.30. The number of benzene rings is 1. The van der Waals surface area contributed by atoms with Gasteiger partial charge in [-0.1, -0.05) is 17.7 Å². The zero-order chi connectivity index (χ0) is 16.3. The quantitative estimate of drug-likeness (QED) is 0.826. The van der Waals surface area contributed by atoms with E-state index in [1.807, 2.05) is 12.1 Å².